The second-order valence-electron chi connectivity index (χ2n) is 8.37. The topological polar surface area (TPSA) is 55.3 Å². The van der Waals surface area contributed by atoms with Crippen molar-refractivity contribution in [1.29, 1.82) is 0 Å². The molecule has 0 radical (unpaired) electrons. The van der Waals surface area contributed by atoms with Crippen molar-refractivity contribution >= 4 is 26.5 Å². The summed E-state index contributed by atoms with van der Waals surface area (Å²) in [6.45, 7) is 0.740. The van der Waals surface area contributed by atoms with Gasteiger partial charge in [-0.1, -0.05) is 0 Å². The average molecular weight is 441 g/mol. The molecule has 1 amide bonds. The van der Waals surface area contributed by atoms with E-state index in [1.165, 1.54) is 18.4 Å². The van der Waals surface area contributed by atoms with Crippen LogP contribution in [-0.4, -0.2) is 44.2 Å². The van der Waals surface area contributed by atoms with E-state index in [2.05, 4.69) is 51.7 Å². The van der Waals surface area contributed by atoms with Crippen LogP contribution in [0.2, 0.25) is 11.4 Å². The van der Waals surface area contributed by atoms with Crippen molar-refractivity contribution in [3.63, 3.8) is 0 Å². The number of ether oxygens (including phenoxy) is 1. The summed E-state index contributed by atoms with van der Waals surface area (Å²) in [5.41, 5.74) is 6.54. The van der Waals surface area contributed by atoms with E-state index in [9.17, 15) is 4.79 Å². The zero-order valence-electron chi connectivity index (χ0n) is 16.9. The van der Waals surface area contributed by atoms with Gasteiger partial charge < -0.3 is 0 Å². The molecule has 1 aliphatic heterocycles. The molecule has 0 atom stereocenters. The fourth-order valence-electron chi connectivity index (χ4n) is 4.90. The Morgan fingerprint density at radius 2 is 1.68 bits per heavy atom. The molecule has 1 spiro atoms. The summed E-state index contributed by atoms with van der Waals surface area (Å²) in [4.78, 5) is 23.3. The van der Waals surface area contributed by atoms with Crippen LogP contribution in [0.5, 0.6) is 5.75 Å². The van der Waals surface area contributed by atoms with Crippen LogP contribution >= 0.6 is 0 Å². The zero-order valence-corrected chi connectivity index (χ0v) is 18.8. The number of carbonyl (C=O) groups excluding carboxylic acids is 1. The quantitative estimate of drug-likeness (QED) is 0.673. The zero-order chi connectivity index (χ0) is 19.8. The first-order valence-electron chi connectivity index (χ1n) is 9.87. The first kappa shape index (κ1) is 19.4. The summed E-state index contributed by atoms with van der Waals surface area (Å²) in [6, 6.07) is 11.1. The van der Waals surface area contributed by atoms with Gasteiger partial charge in [0.1, 0.15) is 0 Å². The molecule has 2 aromatic rings. The number of nitrogens with zero attached hydrogens (tertiary/aromatic N) is 3. The molecule has 1 saturated carbocycles. The fraction of sp³-hybridized carbons (Fsp3) is 0.500. The summed E-state index contributed by atoms with van der Waals surface area (Å²) in [7, 11) is 1.59. The van der Waals surface area contributed by atoms with Crippen molar-refractivity contribution in [2.24, 2.45) is 5.41 Å². The maximum absolute atomic E-state index is 12.8. The summed E-state index contributed by atoms with van der Waals surface area (Å²) in [5, 5.41) is 0. The number of amides is 1. The van der Waals surface area contributed by atoms with Crippen LogP contribution in [0, 0.1) is 5.41 Å². The standard InChI is InChI=1S/C22H28AsN3O2/c1-23(2)22(17-7-5-4-6-8-17)11-9-21(10-12-22)13-19(27)26(16-21)20-24-14-18(28-3)15-25-20/h4-8,14-15H,9-13,16H2,1-3H3/t21-,22+. The third kappa shape index (κ3) is 3.34. The third-order valence-corrected chi connectivity index (χ3v) is 11.8. The Hall–Kier alpha value is -1.87. The van der Waals surface area contributed by atoms with E-state index in [-0.39, 0.29) is 11.3 Å². The Morgan fingerprint density at radius 3 is 2.25 bits per heavy atom. The molecule has 1 aromatic heterocycles. The molecule has 1 saturated heterocycles. The second kappa shape index (κ2) is 7.51. The van der Waals surface area contributed by atoms with E-state index in [0.29, 0.717) is 22.3 Å². The average Bonchev–Trinajstić information content (AvgIpc) is 3.05. The maximum atomic E-state index is 12.8. The number of aromatic nitrogens is 2. The molecule has 2 heterocycles. The molecule has 6 heteroatoms. The SMILES string of the molecule is COc1cnc(N2C[C@]3(CC[C@@](c4ccccc4)([As](C)C)CC3)CC2=O)nc1. The van der Waals surface area contributed by atoms with Crippen molar-refractivity contribution in [2.45, 2.75) is 47.7 Å². The van der Waals surface area contributed by atoms with Crippen LogP contribution in [-0.2, 0) is 9.00 Å². The molecule has 1 aliphatic carbocycles. The first-order valence-corrected chi connectivity index (χ1v) is 14.6. The number of carbonyl (C=O) groups is 1. The second-order valence-corrected chi connectivity index (χ2v) is 13.9. The summed E-state index contributed by atoms with van der Waals surface area (Å²) in [6.07, 6.45) is 8.47. The molecule has 0 unspecified atom stereocenters. The summed E-state index contributed by atoms with van der Waals surface area (Å²) >= 11 is -0.986. The summed E-state index contributed by atoms with van der Waals surface area (Å²) < 4.78 is 5.49. The van der Waals surface area contributed by atoms with Crippen LogP contribution in [0.1, 0.15) is 37.7 Å². The molecular formula is C22H28AsN3O2. The Bertz CT molecular complexity index is 831. The minimum absolute atomic E-state index is 0.0725. The van der Waals surface area contributed by atoms with Gasteiger partial charge in [0.25, 0.3) is 0 Å². The fourth-order valence-corrected chi connectivity index (χ4v) is 8.65. The van der Waals surface area contributed by atoms with Crippen molar-refractivity contribution in [3.05, 3.63) is 48.3 Å². The van der Waals surface area contributed by atoms with Crippen LogP contribution < -0.4 is 9.64 Å². The van der Waals surface area contributed by atoms with Gasteiger partial charge in [-0.15, -0.1) is 0 Å². The van der Waals surface area contributed by atoms with Gasteiger partial charge in [-0.2, -0.15) is 0 Å². The molecule has 0 bridgehead atoms. The summed E-state index contributed by atoms with van der Waals surface area (Å²) in [5.74, 6) is 1.26. The van der Waals surface area contributed by atoms with Gasteiger partial charge in [0.15, 0.2) is 0 Å². The van der Waals surface area contributed by atoms with Crippen molar-refractivity contribution in [2.75, 3.05) is 18.6 Å². The van der Waals surface area contributed by atoms with E-state index in [1.807, 2.05) is 0 Å². The van der Waals surface area contributed by atoms with Crippen LogP contribution in [0.4, 0.5) is 5.95 Å². The normalized spacial score (nSPS) is 27.6. The van der Waals surface area contributed by atoms with Crippen LogP contribution in [0.25, 0.3) is 0 Å². The Labute approximate surface area is 171 Å². The van der Waals surface area contributed by atoms with Gasteiger partial charge in [0.05, 0.1) is 0 Å². The Morgan fingerprint density at radius 1 is 1.04 bits per heavy atom. The molecule has 148 valence electrons. The Kier molecular flexibility index (Phi) is 5.22. The molecule has 28 heavy (non-hydrogen) atoms. The molecular weight excluding hydrogens is 413 g/mol. The Balaban J connectivity index is 1.53. The van der Waals surface area contributed by atoms with Gasteiger partial charge in [-0.3, -0.25) is 0 Å². The third-order valence-electron chi connectivity index (χ3n) is 6.72. The van der Waals surface area contributed by atoms with Crippen LogP contribution in [0.3, 0.4) is 0 Å². The van der Waals surface area contributed by atoms with E-state index < -0.39 is 14.7 Å². The van der Waals surface area contributed by atoms with Gasteiger partial charge in [-0.25, -0.2) is 0 Å². The van der Waals surface area contributed by atoms with E-state index >= 15 is 0 Å². The molecule has 5 nitrogen and oxygen atoms in total. The van der Waals surface area contributed by atoms with Gasteiger partial charge in [0.2, 0.25) is 0 Å². The van der Waals surface area contributed by atoms with Gasteiger partial charge in [-0.05, 0) is 0 Å². The minimum atomic E-state index is -0.986. The number of hydrogen-bond donors (Lipinski definition) is 0. The van der Waals surface area contributed by atoms with Gasteiger partial charge >= 0.3 is 172 Å². The van der Waals surface area contributed by atoms with Crippen LogP contribution in [0.15, 0.2) is 42.7 Å². The van der Waals surface area contributed by atoms with E-state index in [1.54, 1.807) is 24.4 Å². The predicted octanol–water partition coefficient (Wildman–Crippen LogP) is 4.01. The number of rotatable bonds is 4. The van der Waals surface area contributed by atoms with Gasteiger partial charge in [0, 0.05) is 0 Å². The molecule has 2 aliphatic rings. The number of anilines is 1. The van der Waals surface area contributed by atoms with E-state index in [0.717, 1.165) is 19.4 Å². The van der Waals surface area contributed by atoms with Crippen molar-refractivity contribution in [1.82, 2.24) is 9.97 Å². The number of hydrogen-bond acceptors (Lipinski definition) is 4. The van der Waals surface area contributed by atoms with E-state index in [4.69, 9.17) is 4.74 Å². The van der Waals surface area contributed by atoms with Crippen molar-refractivity contribution in [3.8, 4) is 5.75 Å². The van der Waals surface area contributed by atoms with Crippen molar-refractivity contribution < 1.29 is 9.53 Å². The number of methoxy groups -OCH3 is 1. The predicted molar refractivity (Wildman–Crippen MR) is 112 cm³/mol. The molecule has 2 fully saturated rings. The molecule has 1 aromatic carbocycles. The first-order chi connectivity index (χ1) is 13.5. The monoisotopic (exact) mass is 441 g/mol. The molecule has 4 rings (SSSR count). The molecule has 0 N–H and O–H groups in total. The number of benzene rings is 1.